The maximum absolute atomic E-state index is 9.54. The monoisotopic (exact) mass is 241 g/mol. The van der Waals surface area contributed by atoms with Crippen LogP contribution >= 0.6 is 0 Å². The number of nitrogens with two attached hydrogens (primary N) is 1. The lowest BCUT2D eigenvalue weighted by atomic mass is 9.93. The Hall–Kier alpha value is -0.160. The van der Waals surface area contributed by atoms with Gasteiger partial charge in [0.05, 0.1) is 12.1 Å². The number of piperidine rings is 1. The van der Waals surface area contributed by atoms with E-state index < -0.39 is 0 Å². The topological polar surface area (TPSA) is 52.7 Å². The Morgan fingerprint density at radius 2 is 2.06 bits per heavy atom. The van der Waals surface area contributed by atoms with Gasteiger partial charge in [-0.15, -0.1) is 0 Å². The van der Waals surface area contributed by atoms with Crippen LogP contribution in [-0.2, 0) is 0 Å². The van der Waals surface area contributed by atoms with E-state index in [0.717, 1.165) is 19.6 Å². The van der Waals surface area contributed by atoms with Gasteiger partial charge in [-0.1, -0.05) is 0 Å². The van der Waals surface area contributed by atoms with E-state index in [2.05, 4.69) is 23.9 Å². The van der Waals surface area contributed by atoms with E-state index in [1.807, 2.05) is 0 Å². The zero-order chi connectivity index (χ0) is 12.5. The molecule has 1 saturated heterocycles. The van der Waals surface area contributed by atoms with Crippen molar-refractivity contribution in [2.75, 3.05) is 40.3 Å². The van der Waals surface area contributed by atoms with Gasteiger partial charge in [-0.25, -0.2) is 0 Å². The number of nitrogens with zero attached hydrogens (tertiary/aromatic N) is 2. The Kier molecular flexibility index (Phi) is 4.08. The molecular formula is C13H27N3O. The molecule has 1 aliphatic heterocycles. The van der Waals surface area contributed by atoms with Crippen molar-refractivity contribution in [3.05, 3.63) is 0 Å². The normalized spacial score (nSPS) is 30.5. The summed E-state index contributed by atoms with van der Waals surface area (Å²) in [6, 6.07) is 0.644. The van der Waals surface area contributed by atoms with Gasteiger partial charge in [0.2, 0.25) is 0 Å². The molecule has 1 aliphatic carbocycles. The fraction of sp³-hybridized carbons (Fsp3) is 1.00. The molecule has 0 aromatic carbocycles. The lowest BCUT2D eigenvalue weighted by Crippen LogP contribution is -2.58. The molecule has 1 saturated carbocycles. The second kappa shape index (κ2) is 5.22. The average Bonchev–Trinajstić information content (AvgIpc) is 3.13. The molecule has 4 heteroatoms. The minimum absolute atomic E-state index is 0.126. The summed E-state index contributed by atoms with van der Waals surface area (Å²) >= 11 is 0. The van der Waals surface area contributed by atoms with E-state index in [0.29, 0.717) is 12.0 Å². The van der Waals surface area contributed by atoms with E-state index >= 15 is 0 Å². The van der Waals surface area contributed by atoms with E-state index in [4.69, 9.17) is 5.73 Å². The van der Waals surface area contributed by atoms with Gasteiger partial charge >= 0.3 is 0 Å². The number of hydrogen-bond donors (Lipinski definition) is 2. The first kappa shape index (κ1) is 13.3. The lowest BCUT2D eigenvalue weighted by molar-refractivity contribution is 0.0785. The van der Waals surface area contributed by atoms with Gasteiger partial charge in [0.15, 0.2) is 0 Å². The average molecular weight is 241 g/mol. The van der Waals surface area contributed by atoms with Gasteiger partial charge in [-0.05, 0) is 52.2 Å². The molecule has 2 unspecified atom stereocenters. The van der Waals surface area contributed by atoms with Gasteiger partial charge in [-0.3, -0.25) is 4.90 Å². The van der Waals surface area contributed by atoms with Crippen molar-refractivity contribution in [2.24, 2.45) is 11.7 Å². The van der Waals surface area contributed by atoms with Gasteiger partial charge in [0.25, 0.3) is 0 Å². The number of likely N-dealkylation sites (tertiary alicyclic amines) is 1. The second-order valence-corrected chi connectivity index (χ2v) is 6.16. The van der Waals surface area contributed by atoms with Crippen LogP contribution in [0.1, 0.15) is 25.7 Å². The van der Waals surface area contributed by atoms with Crippen molar-refractivity contribution < 1.29 is 5.11 Å². The van der Waals surface area contributed by atoms with Crippen molar-refractivity contribution in [1.82, 2.24) is 9.80 Å². The summed E-state index contributed by atoms with van der Waals surface area (Å²) in [5, 5.41) is 9.54. The lowest BCUT2D eigenvalue weighted by Gasteiger charge is -2.40. The molecule has 3 N–H and O–H groups in total. The summed E-state index contributed by atoms with van der Waals surface area (Å²) in [5.74, 6) is 0.548. The predicted molar refractivity (Wildman–Crippen MR) is 69.9 cm³/mol. The molecule has 2 aliphatic rings. The fourth-order valence-electron chi connectivity index (χ4n) is 2.98. The van der Waals surface area contributed by atoms with Crippen LogP contribution in [0.2, 0.25) is 0 Å². The molecule has 2 fully saturated rings. The van der Waals surface area contributed by atoms with Crippen molar-refractivity contribution >= 4 is 0 Å². The highest BCUT2D eigenvalue weighted by molar-refractivity contribution is 5.01. The molecule has 0 spiro atoms. The number of hydrogen-bond acceptors (Lipinski definition) is 4. The van der Waals surface area contributed by atoms with Crippen LogP contribution in [0, 0.1) is 5.92 Å². The Balaban J connectivity index is 1.89. The quantitative estimate of drug-likeness (QED) is 0.717. The minimum Gasteiger partial charge on any atom is -0.394 e. The summed E-state index contributed by atoms with van der Waals surface area (Å²) < 4.78 is 0. The largest absolute Gasteiger partial charge is 0.394 e. The van der Waals surface area contributed by atoms with Gasteiger partial charge in [-0.2, -0.15) is 0 Å². The number of aliphatic hydroxyl groups excluding tert-OH is 1. The summed E-state index contributed by atoms with van der Waals surface area (Å²) in [7, 11) is 4.30. The van der Waals surface area contributed by atoms with Crippen molar-refractivity contribution in [3.8, 4) is 0 Å². The molecule has 0 aromatic heterocycles. The molecule has 0 amide bonds. The summed E-state index contributed by atoms with van der Waals surface area (Å²) in [6.07, 6.45) is 4.92. The van der Waals surface area contributed by atoms with E-state index in [1.54, 1.807) is 0 Å². The van der Waals surface area contributed by atoms with Crippen LogP contribution in [0.15, 0.2) is 0 Å². The third kappa shape index (κ3) is 3.19. The third-order valence-electron chi connectivity index (χ3n) is 4.41. The Bertz CT molecular complexity index is 255. The molecule has 17 heavy (non-hydrogen) atoms. The molecule has 2 atom stereocenters. The first-order valence-electron chi connectivity index (χ1n) is 6.83. The van der Waals surface area contributed by atoms with E-state index in [-0.39, 0.29) is 12.1 Å². The number of aliphatic hydroxyl groups is 1. The SMILES string of the molecule is CN(C)C1CCCN(CC(N)(CO)C2CC2)C1. The van der Waals surface area contributed by atoms with Crippen LogP contribution in [0.5, 0.6) is 0 Å². The van der Waals surface area contributed by atoms with Crippen LogP contribution in [0.25, 0.3) is 0 Å². The van der Waals surface area contributed by atoms with E-state index in [1.165, 1.54) is 25.7 Å². The standard InChI is InChI=1S/C13H27N3O/c1-15(2)12-4-3-7-16(8-12)9-13(14,10-17)11-5-6-11/h11-12,17H,3-10,14H2,1-2H3. The molecule has 1 heterocycles. The van der Waals surface area contributed by atoms with Crippen LogP contribution in [0.4, 0.5) is 0 Å². The number of likely N-dealkylation sites (N-methyl/N-ethyl adjacent to an activating group) is 1. The zero-order valence-electron chi connectivity index (χ0n) is 11.2. The summed E-state index contributed by atoms with van der Waals surface area (Å²) in [5.41, 5.74) is 6.00. The van der Waals surface area contributed by atoms with E-state index in [9.17, 15) is 5.11 Å². The van der Waals surface area contributed by atoms with Gasteiger partial charge in [0.1, 0.15) is 0 Å². The van der Waals surface area contributed by atoms with Crippen molar-refractivity contribution in [1.29, 1.82) is 0 Å². The molecule has 100 valence electrons. The van der Waals surface area contributed by atoms with Crippen LogP contribution in [0.3, 0.4) is 0 Å². The smallest absolute Gasteiger partial charge is 0.0626 e. The third-order valence-corrected chi connectivity index (χ3v) is 4.41. The zero-order valence-corrected chi connectivity index (χ0v) is 11.2. The summed E-state index contributed by atoms with van der Waals surface area (Å²) in [4.78, 5) is 4.75. The van der Waals surface area contributed by atoms with Gasteiger partial charge < -0.3 is 15.7 Å². The molecule has 2 rings (SSSR count). The predicted octanol–water partition coefficient (Wildman–Crippen LogP) is 0.112. The Morgan fingerprint density at radius 1 is 1.35 bits per heavy atom. The molecule has 0 aromatic rings. The molecule has 0 radical (unpaired) electrons. The number of rotatable bonds is 5. The maximum atomic E-state index is 9.54. The highest BCUT2D eigenvalue weighted by Gasteiger charge is 2.43. The first-order chi connectivity index (χ1) is 8.05. The highest BCUT2D eigenvalue weighted by atomic mass is 16.3. The summed E-state index contributed by atoms with van der Waals surface area (Å²) in [6.45, 7) is 3.22. The van der Waals surface area contributed by atoms with Crippen molar-refractivity contribution in [2.45, 2.75) is 37.3 Å². The van der Waals surface area contributed by atoms with Crippen molar-refractivity contribution in [3.63, 3.8) is 0 Å². The molecule has 0 bridgehead atoms. The van der Waals surface area contributed by atoms with Gasteiger partial charge in [0, 0.05) is 19.1 Å². The molecule has 4 nitrogen and oxygen atoms in total. The highest BCUT2D eigenvalue weighted by Crippen LogP contribution is 2.38. The minimum atomic E-state index is -0.353. The van der Waals surface area contributed by atoms with Crippen LogP contribution in [-0.4, -0.2) is 66.8 Å². The second-order valence-electron chi connectivity index (χ2n) is 6.16. The molecular weight excluding hydrogens is 214 g/mol. The maximum Gasteiger partial charge on any atom is 0.0626 e. The first-order valence-corrected chi connectivity index (χ1v) is 6.83. The Morgan fingerprint density at radius 3 is 2.59 bits per heavy atom. The van der Waals surface area contributed by atoms with Crippen LogP contribution < -0.4 is 5.73 Å². The fourth-order valence-corrected chi connectivity index (χ4v) is 2.98. The Labute approximate surface area is 105 Å².